The summed E-state index contributed by atoms with van der Waals surface area (Å²) in [6.07, 6.45) is -2.19. The molecule has 2 aromatic rings. The largest absolute Gasteiger partial charge is 0.417 e. The third kappa shape index (κ3) is 5.32. The first-order valence-corrected chi connectivity index (χ1v) is 10.2. The fourth-order valence-corrected chi connectivity index (χ4v) is 3.42. The Kier molecular flexibility index (Phi) is 6.68. The van der Waals surface area contributed by atoms with Crippen molar-refractivity contribution in [3.8, 4) is 0 Å². The molecule has 30 heavy (non-hydrogen) atoms. The van der Waals surface area contributed by atoms with Gasteiger partial charge in [0.05, 0.1) is 17.2 Å². The molecule has 1 amide bonds. The van der Waals surface area contributed by atoms with Crippen molar-refractivity contribution in [2.75, 3.05) is 29.9 Å². The van der Waals surface area contributed by atoms with Gasteiger partial charge in [0.1, 0.15) is 21.8 Å². The highest BCUT2D eigenvalue weighted by atomic mass is 32.2. The number of nitrogens with one attached hydrogen (secondary N) is 1. The Hall–Kier alpha value is -2.57. The van der Waals surface area contributed by atoms with E-state index in [4.69, 9.17) is 9.88 Å². The molecule has 8 nitrogen and oxygen atoms in total. The van der Waals surface area contributed by atoms with Gasteiger partial charge >= 0.3 is 6.18 Å². The lowest BCUT2D eigenvalue weighted by molar-refractivity contribution is -0.137. The van der Waals surface area contributed by atoms with Crippen molar-refractivity contribution in [1.82, 2.24) is 9.97 Å². The Labute approximate surface area is 173 Å². The number of aromatic nitrogens is 2. The topological polar surface area (TPSA) is 110 Å². The Morgan fingerprint density at radius 3 is 2.83 bits per heavy atom. The van der Waals surface area contributed by atoms with Crippen LogP contribution in [0.2, 0.25) is 0 Å². The number of carbonyl (C=O) groups is 1. The summed E-state index contributed by atoms with van der Waals surface area (Å²) in [7, 11) is -1.87. The van der Waals surface area contributed by atoms with Crippen LogP contribution in [0, 0.1) is 0 Å². The van der Waals surface area contributed by atoms with Crippen LogP contribution in [0.3, 0.4) is 0 Å². The van der Waals surface area contributed by atoms with Crippen LogP contribution in [-0.2, 0) is 21.9 Å². The van der Waals surface area contributed by atoms with Crippen molar-refractivity contribution in [2.24, 2.45) is 5.14 Å². The highest BCUT2D eigenvalue weighted by Crippen LogP contribution is 2.32. The lowest BCUT2D eigenvalue weighted by Crippen LogP contribution is -2.33. The standard InChI is InChI=1S/C18H20F3N5O3S/c1-11-10-26(5-2-6-29-11)16-14(7-12(9-24-16)18(19,20)21)17(27)25-13-3-4-23-15(8-13)30(22)28/h3-4,7-9,11H,2,5-6,10,22H2,1H3,(H,23,25,27). The fraction of sp³-hybridized carbons (Fsp3) is 0.389. The molecular formula is C18H20F3N5O3S. The number of hydrogen-bond donors (Lipinski definition) is 2. The lowest BCUT2D eigenvalue weighted by atomic mass is 10.1. The molecule has 2 atom stereocenters. The average molecular weight is 443 g/mol. The van der Waals surface area contributed by atoms with Crippen LogP contribution in [0.25, 0.3) is 0 Å². The molecule has 0 radical (unpaired) electrons. The van der Waals surface area contributed by atoms with E-state index in [1.54, 1.807) is 4.90 Å². The maximum absolute atomic E-state index is 13.2. The van der Waals surface area contributed by atoms with Gasteiger partial charge in [0.15, 0.2) is 0 Å². The minimum atomic E-state index is -4.66. The zero-order chi connectivity index (χ0) is 21.9. The molecule has 12 heteroatoms. The summed E-state index contributed by atoms with van der Waals surface area (Å²) in [5, 5.41) is 7.81. The summed E-state index contributed by atoms with van der Waals surface area (Å²) in [6.45, 7) is 3.21. The number of pyridine rings is 2. The van der Waals surface area contributed by atoms with Crippen LogP contribution in [0.5, 0.6) is 0 Å². The monoisotopic (exact) mass is 443 g/mol. The molecule has 0 spiro atoms. The second-order valence-electron chi connectivity index (χ2n) is 6.71. The summed E-state index contributed by atoms with van der Waals surface area (Å²) in [4.78, 5) is 22.4. The average Bonchev–Trinajstić information content (AvgIpc) is 2.91. The third-order valence-electron chi connectivity index (χ3n) is 4.39. The van der Waals surface area contributed by atoms with Crippen molar-refractivity contribution in [1.29, 1.82) is 0 Å². The molecule has 0 aliphatic carbocycles. The predicted molar refractivity (Wildman–Crippen MR) is 104 cm³/mol. The molecule has 0 aromatic carbocycles. The molecule has 2 unspecified atom stereocenters. The fourth-order valence-electron chi connectivity index (χ4n) is 3.01. The van der Waals surface area contributed by atoms with Crippen molar-refractivity contribution < 1.29 is 26.9 Å². The van der Waals surface area contributed by atoms with Gasteiger partial charge in [-0.15, -0.1) is 0 Å². The number of carbonyl (C=O) groups excluding carboxylic acids is 1. The van der Waals surface area contributed by atoms with Crippen molar-refractivity contribution >= 4 is 28.4 Å². The SMILES string of the molecule is CC1CN(c2ncc(C(F)(F)F)cc2C(=O)Nc2ccnc(S(N)=O)c2)CCCO1. The van der Waals surface area contributed by atoms with E-state index in [0.29, 0.717) is 32.3 Å². The molecule has 3 heterocycles. The Morgan fingerprint density at radius 1 is 1.37 bits per heavy atom. The van der Waals surface area contributed by atoms with Gasteiger partial charge in [0, 0.05) is 37.8 Å². The van der Waals surface area contributed by atoms with E-state index >= 15 is 0 Å². The summed E-state index contributed by atoms with van der Waals surface area (Å²) in [5.74, 6) is -0.657. The molecule has 3 N–H and O–H groups in total. The molecular weight excluding hydrogens is 423 g/mol. The minimum absolute atomic E-state index is 0.0219. The smallest absolute Gasteiger partial charge is 0.377 e. The van der Waals surface area contributed by atoms with Gasteiger partial charge < -0.3 is 15.0 Å². The van der Waals surface area contributed by atoms with Crippen LogP contribution in [-0.4, -0.2) is 45.9 Å². The summed E-state index contributed by atoms with van der Waals surface area (Å²) in [5.41, 5.74) is -1.07. The Balaban J connectivity index is 1.98. The zero-order valence-electron chi connectivity index (χ0n) is 16.0. The molecule has 1 saturated heterocycles. The number of rotatable bonds is 4. The van der Waals surface area contributed by atoms with Crippen LogP contribution in [0.1, 0.15) is 29.3 Å². The van der Waals surface area contributed by atoms with Gasteiger partial charge in [-0.2, -0.15) is 13.2 Å². The quantitative estimate of drug-likeness (QED) is 0.751. The molecule has 0 saturated carbocycles. The van der Waals surface area contributed by atoms with Gasteiger partial charge in [-0.25, -0.2) is 19.3 Å². The number of nitrogens with zero attached hydrogens (tertiary/aromatic N) is 3. The maximum Gasteiger partial charge on any atom is 0.417 e. The van der Waals surface area contributed by atoms with E-state index in [0.717, 1.165) is 6.07 Å². The third-order valence-corrected chi connectivity index (χ3v) is 5.02. The number of alkyl halides is 3. The van der Waals surface area contributed by atoms with E-state index in [1.165, 1.54) is 18.3 Å². The zero-order valence-corrected chi connectivity index (χ0v) is 16.8. The van der Waals surface area contributed by atoms with E-state index in [1.807, 2.05) is 6.92 Å². The summed E-state index contributed by atoms with van der Waals surface area (Å²) in [6, 6.07) is 3.48. The molecule has 162 valence electrons. The van der Waals surface area contributed by atoms with Gasteiger partial charge in [-0.05, 0) is 31.5 Å². The highest BCUT2D eigenvalue weighted by Gasteiger charge is 2.33. The van der Waals surface area contributed by atoms with Gasteiger partial charge in [-0.3, -0.25) is 4.79 Å². The van der Waals surface area contributed by atoms with Crippen LogP contribution in [0.4, 0.5) is 24.7 Å². The van der Waals surface area contributed by atoms with Crippen LogP contribution >= 0.6 is 0 Å². The van der Waals surface area contributed by atoms with Crippen molar-refractivity contribution in [3.05, 3.63) is 41.7 Å². The molecule has 1 aliphatic rings. The van der Waals surface area contributed by atoms with Crippen molar-refractivity contribution in [2.45, 2.75) is 30.7 Å². The lowest BCUT2D eigenvalue weighted by Gasteiger charge is -2.25. The number of amides is 1. The first-order chi connectivity index (χ1) is 14.1. The molecule has 0 bridgehead atoms. The maximum atomic E-state index is 13.2. The summed E-state index contributed by atoms with van der Waals surface area (Å²) >= 11 is 0. The summed E-state index contributed by atoms with van der Waals surface area (Å²) < 4.78 is 56.7. The van der Waals surface area contributed by atoms with Crippen molar-refractivity contribution in [3.63, 3.8) is 0 Å². The second kappa shape index (κ2) is 9.06. The minimum Gasteiger partial charge on any atom is -0.377 e. The number of anilines is 2. The van der Waals surface area contributed by atoms with E-state index in [2.05, 4.69) is 15.3 Å². The molecule has 3 rings (SSSR count). The van der Waals surface area contributed by atoms with E-state index < -0.39 is 28.6 Å². The first-order valence-electron chi connectivity index (χ1n) is 9.02. The number of ether oxygens (including phenoxy) is 1. The van der Waals surface area contributed by atoms with Gasteiger partial charge in [-0.1, -0.05) is 0 Å². The van der Waals surface area contributed by atoms with Crippen LogP contribution in [0.15, 0.2) is 35.6 Å². The Morgan fingerprint density at radius 2 is 2.13 bits per heavy atom. The van der Waals surface area contributed by atoms with Gasteiger partial charge in [0.2, 0.25) is 0 Å². The molecule has 2 aromatic heterocycles. The predicted octanol–water partition coefficient (Wildman–Crippen LogP) is 2.34. The van der Waals surface area contributed by atoms with E-state index in [-0.39, 0.29) is 28.2 Å². The number of halogens is 3. The molecule has 1 aliphatic heterocycles. The Bertz CT molecular complexity index is 957. The van der Waals surface area contributed by atoms with E-state index in [9.17, 15) is 22.2 Å². The number of hydrogen-bond acceptors (Lipinski definition) is 6. The highest BCUT2D eigenvalue weighted by molar-refractivity contribution is 7.82. The second-order valence-corrected chi connectivity index (χ2v) is 7.72. The molecule has 1 fully saturated rings. The number of nitrogens with two attached hydrogens (primary N) is 1. The van der Waals surface area contributed by atoms with Gasteiger partial charge in [0.25, 0.3) is 5.91 Å². The normalized spacial score (nSPS) is 18.6. The first kappa shape index (κ1) is 22.1. The van der Waals surface area contributed by atoms with Crippen LogP contribution < -0.4 is 15.4 Å².